The van der Waals surface area contributed by atoms with Gasteiger partial charge in [0.05, 0.1) is 11.6 Å². The number of nitrogens with one attached hydrogen (secondary N) is 1. The summed E-state index contributed by atoms with van der Waals surface area (Å²) in [7, 11) is 1.66. The van der Waals surface area contributed by atoms with E-state index in [2.05, 4.69) is 33.9 Å². The third-order valence-electron chi connectivity index (χ3n) is 1.82. The van der Waals surface area contributed by atoms with Gasteiger partial charge in [0.25, 0.3) is 0 Å². The Morgan fingerprint density at radius 1 is 1.50 bits per heavy atom. The quantitative estimate of drug-likeness (QED) is 0.636. The Labute approximate surface area is 98.6 Å². The van der Waals surface area contributed by atoms with Gasteiger partial charge in [0, 0.05) is 12.2 Å². The van der Waals surface area contributed by atoms with Gasteiger partial charge in [-0.15, -0.1) is 0 Å². The fourth-order valence-corrected chi connectivity index (χ4v) is 1.79. The number of halogens is 1. The maximum Gasteiger partial charge on any atom is 0.133 e. The van der Waals surface area contributed by atoms with Crippen molar-refractivity contribution in [2.24, 2.45) is 0 Å². The summed E-state index contributed by atoms with van der Waals surface area (Å²) in [5.41, 5.74) is 1.10. The van der Waals surface area contributed by atoms with Gasteiger partial charge in [-0.3, -0.25) is 0 Å². The summed E-state index contributed by atoms with van der Waals surface area (Å²) >= 11 is 7.59. The zero-order valence-electron chi connectivity index (χ0n) is 8.09. The van der Waals surface area contributed by atoms with Gasteiger partial charge in [0.2, 0.25) is 0 Å². The minimum Gasteiger partial charge on any atom is -0.496 e. The Kier molecular flexibility index (Phi) is 5.19. The van der Waals surface area contributed by atoms with Crippen LogP contribution in [0.4, 0.5) is 5.69 Å². The summed E-state index contributed by atoms with van der Waals surface area (Å²) in [6.07, 6.45) is 1.06. The van der Waals surface area contributed by atoms with E-state index >= 15 is 0 Å². The van der Waals surface area contributed by atoms with Gasteiger partial charge >= 0.3 is 0 Å². The number of benzene rings is 1. The molecule has 0 unspecified atom stereocenters. The summed E-state index contributed by atoms with van der Waals surface area (Å²) in [6.45, 7) is 0.947. The first-order valence-corrected chi connectivity index (χ1v) is 5.88. The van der Waals surface area contributed by atoms with E-state index in [-0.39, 0.29) is 0 Å². The SMILES string of the molecule is COc1ccc(NCCCS)cc1Br. The predicted octanol–water partition coefficient (Wildman–Crippen LogP) is 3.19. The Balaban J connectivity index is 2.57. The largest absolute Gasteiger partial charge is 0.496 e. The average molecular weight is 276 g/mol. The first-order chi connectivity index (χ1) is 6.77. The first kappa shape index (κ1) is 11.7. The maximum absolute atomic E-state index is 5.14. The van der Waals surface area contributed by atoms with Crippen molar-refractivity contribution in [2.45, 2.75) is 6.42 Å². The lowest BCUT2D eigenvalue weighted by atomic mass is 10.3. The third kappa shape index (κ3) is 3.42. The molecule has 0 heterocycles. The van der Waals surface area contributed by atoms with Gasteiger partial charge in [-0.1, -0.05) is 0 Å². The average Bonchev–Trinajstić information content (AvgIpc) is 2.18. The molecule has 0 aliphatic heterocycles. The summed E-state index contributed by atoms with van der Waals surface area (Å²) in [6, 6.07) is 5.95. The highest BCUT2D eigenvalue weighted by atomic mass is 79.9. The molecule has 1 N–H and O–H groups in total. The van der Waals surface area contributed by atoms with E-state index in [0.29, 0.717) is 0 Å². The predicted molar refractivity (Wildman–Crippen MR) is 67.7 cm³/mol. The van der Waals surface area contributed by atoms with Crippen molar-refractivity contribution in [2.75, 3.05) is 24.7 Å². The van der Waals surface area contributed by atoms with E-state index in [1.54, 1.807) is 7.11 Å². The van der Waals surface area contributed by atoms with Crippen LogP contribution in [0.3, 0.4) is 0 Å². The minimum absolute atomic E-state index is 0.852. The number of methoxy groups -OCH3 is 1. The van der Waals surface area contributed by atoms with Crippen molar-refractivity contribution >= 4 is 34.2 Å². The number of rotatable bonds is 5. The molecule has 0 saturated carbocycles. The van der Waals surface area contributed by atoms with Gasteiger partial charge in [-0.2, -0.15) is 12.6 Å². The second-order valence-electron chi connectivity index (χ2n) is 2.85. The molecule has 0 saturated heterocycles. The number of hydrogen-bond donors (Lipinski definition) is 2. The van der Waals surface area contributed by atoms with Crippen LogP contribution >= 0.6 is 28.6 Å². The van der Waals surface area contributed by atoms with Crippen molar-refractivity contribution < 1.29 is 4.74 Å². The van der Waals surface area contributed by atoms with Crippen LogP contribution in [0.5, 0.6) is 5.75 Å². The molecule has 0 aromatic heterocycles. The fraction of sp³-hybridized carbons (Fsp3) is 0.400. The minimum atomic E-state index is 0.852. The molecule has 14 heavy (non-hydrogen) atoms. The van der Waals surface area contributed by atoms with E-state index in [1.807, 2.05) is 18.2 Å². The molecular weight excluding hydrogens is 262 g/mol. The summed E-state index contributed by atoms with van der Waals surface area (Å²) < 4.78 is 6.11. The molecule has 2 nitrogen and oxygen atoms in total. The molecule has 0 spiro atoms. The summed E-state index contributed by atoms with van der Waals surface area (Å²) in [4.78, 5) is 0. The van der Waals surface area contributed by atoms with Crippen LogP contribution < -0.4 is 10.1 Å². The topological polar surface area (TPSA) is 21.3 Å². The van der Waals surface area contributed by atoms with Crippen LogP contribution in [0.2, 0.25) is 0 Å². The number of ether oxygens (including phenoxy) is 1. The second kappa shape index (κ2) is 6.19. The Morgan fingerprint density at radius 2 is 2.29 bits per heavy atom. The molecule has 0 aliphatic carbocycles. The molecule has 0 atom stereocenters. The maximum atomic E-state index is 5.14. The lowest BCUT2D eigenvalue weighted by Crippen LogP contribution is -2.01. The van der Waals surface area contributed by atoms with Crippen molar-refractivity contribution in [1.29, 1.82) is 0 Å². The van der Waals surface area contributed by atoms with Gasteiger partial charge < -0.3 is 10.1 Å². The van der Waals surface area contributed by atoms with Gasteiger partial charge in [0.1, 0.15) is 5.75 Å². The van der Waals surface area contributed by atoms with Gasteiger partial charge in [-0.25, -0.2) is 0 Å². The normalized spacial score (nSPS) is 9.93. The van der Waals surface area contributed by atoms with Crippen LogP contribution in [0.15, 0.2) is 22.7 Å². The van der Waals surface area contributed by atoms with Crippen molar-refractivity contribution in [1.82, 2.24) is 0 Å². The molecular formula is C10H14BrNOS. The lowest BCUT2D eigenvalue weighted by Gasteiger charge is -2.08. The number of anilines is 1. The monoisotopic (exact) mass is 275 g/mol. The molecule has 0 aliphatic rings. The van der Waals surface area contributed by atoms with Crippen molar-refractivity contribution in [3.8, 4) is 5.75 Å². The molecule has 1 rings (SSSR count). The Bertz CT molecular complexity index is 293. The van der Waals surface area contributed by atoms with Crippen LogP contribution in [0, 0.1) is 0 Å². The molecule has 1 aromatic rings. The molecule has 0 amide bonds. The smallest absolute Gasteiger partial charge is 0.133 e. The van der Waals surface area contributed by atoms with Crippen LogP contribution in [-0.4, -0.2) is 19.4 Å². The molecule has 0 fully saturated rings. The number of hydrogen-bond acceptors (Lipinski definition) is 3. The fourth-order valence-electron chi connectivity index (χ4n) is 1.09. The van der Waals surface area contributed by atoms with Gasteiger partial charge in [-0.05, 0) is 46.3 Å². The summed E-state index contributed by atoms with van der Waals surface area (Å²) in [5, 5.41) is 3.30. The van der Waals surface area contributed by atoms with Gasteiger partial charge in [0.15, 0.2) is 0 Å². The van der Waals surface area contributed by atoms with E-state index in [9.17, 15) is 0 Å². The zero-order valence-corrected chi connectivity index (χ0v) is 10.6. The Morgan fingerprint density at radius 3 is 2.86 bits per heavy atom. The van der Waals surface area contributed by atoms with E-state index < -0.39 is 0 Å². The van der Waals surface area contributed by atoms with Crippen molar-refractivity contribution in [3.63, 3.8) is 0 Å². The second-order valence-corrected chi connectivity index (χ2v) is 4.15. The van der Waals surface area contributed by atoms with Crippen LogP contribution in [0.25, 0.3) is 0 Å². The molecule has 4 heteroatoms. The molecule has 1 aromatic carbocycles. The molecule has 0 radical (unpaired) electrons. The highest BCUT2D eigenvalue weighted by molar-refractivity contribution is 9.10. The van der Waals surface area contributed by atoms with E-state index in [4.69, 9.17) is 4.74 Å². The molecule has 78 valence electrons. The van der Waals surface area contributed by atoms with Crippen LogP contribution in [-0.2, 0) is 0 Å². The molecule has 0 bridgehead atoms. The van der Waals surface area contributed by atoms with E-state index in [0.717, 1.165) is 34.6 Å². The number of thiol groups is 1. The van der Waals surface area contributed by atoms with Crippen LogP contribution in [0.1, 0.15) is 6.42 Å². The first-order valence-electron chi connectivity index (χ1n) is 4.46. The zero-order chi connectivity index (χ0) is 10.4. The third-order valence-corrected chi connectivity index (χ3v) is 2.75. The lowest BCUT2D eigenvalue weighted by molar-refractivity contribution is 0.412. The highest BCUT2D eigenvalue weighted by Crippen LogP contribution is 2.27. The standard InChI is InChI=1S/C10H14BrNOS/c1-13-10-4-3-8(7-9(10)11)12-5-2-6-14/h3-4,7,12,14H,2,5-6H2,1H3. The highest BCUT2D eigenvalue weighted by Gasteiger charge is 2.00. The summed E-state index contributed by atoms with van der Waals surface area (Å²) in [5.74, 6) is 1.76. The Hall–Kier alpha value is -0.350. The van der Waals surface area contributed by atoms with Crippen molar-refractivity contribution in [3.05, 3.63) is 22.7 Å². The van der Waals surface area contributed by atoms with E-state index in [1.165, 1.54) is 0 Å².